The first-order valence-electron chi connectivity index (χ1n) is 22.7. The Bertz CT molecular complexity index is 2200. The summed E-state index contributed by atoms with van der Waals surface area (Å²) in [6, 6.07) is 29.5. The van der Waals surface area contributed by atoms with Gasteiger partial charge in [0.1, 0.15) is 5.82 Å². The predicted molar refractivity (Wildman–Crippen MR) is 258 cm³/mol. The van der Waals surface area contributed by atoms with Crippen LogP contribution in [0.5, 0.6) is 0 Å². The summed E-state index contributed by atoms with van der Waals surface area (Å²) in [7, 11) is -0.562. The summed E-state index contributed by atoms with van der Waals surface area (Å²) in [5, 5.41) is -0.344. The SMILES string of the molecule is Cc1cc(C)c(N2CCN(c3c(C)cc(C)cc3C)C2=C2CCC(Cl)(P(C3CCCCC3)C3CCCCC3)C(=C3C=C(c4ccccc4)c4ccccc43)C2Cl)c(C)c1. The maximum absolute atomic E-state index is 8.83. The molecule has 1 heterocycles. The van der Waals surface area contributed by atoms with Gasteiger partial charge in [-0.25, -0.2) is 0 Å². The maximum atomic E-state index is 8.83. The second-order valence-electron chi connectivity index (χ2n) is 18.6. The second kappa shape index (κ2) is 16.9. The van der Waals surface area contributed by atoms with E-state index in [2.05, 4.69) is 136 Å². The van der Waals surface area contributed by atoms with Crippen LogP contribution < -0.4 is 9.80 Å². The van der Waals surface area contributed by atoms with Crippen molar-refractivity contribution < 1.29 is 0 Å². The van der Waals surface area contributed by atoms with Crippen molar-refractivity contribution in [3.63, 3.8) is 0 Å². The Balaban J connectivity index is 1.32. The van der Waals surface area contributed by atoms with E-state index in [9.17, 15) is 0 Å². The fraction of sp³-hybridized carbons (Fsp3) is 0.444. The van der Waals surface area contributed by atoms with Gasteiger partial charge in [0.15, 0.2) is 0 Å². The standard InChI is InChI=1S/C54H63Cl2N2P/c1-35-30-37(3)51(38(4)31-35)57-28-29-58(52-39(5)32-36(2)33-40(52)6)53(57)46-26-27-54(56,59(42-20-12-8-13-21-42)43-22-14-9-15-23-43)49(50(46)55)48-34-47(41-18-10-7-11-19-41)44-24-16-17-25-45(44)48/h7,10-11,16-19,24-25,30-34,42-43,50H,8-9,12-15,20-23,26-29H2,1-6H3. The summed E-state index contributed by atoms with van der Waals surface area (Å²) in [6.45, 7) is 15.5. The molecule has 59 heavy (non-hydrogen) atoms. The Hall–Kier alpha value is -3.29. The average molecular weight is 842 g/mol. The molecule has 3 saturated carbocycles. The normalized spacial score (nSPS) is 24.4. The number of nitrogens with zero attached hydrogens (tertiary/aromatic N) is 2. The van der Waals surface area contributed by atoms with Gasteiger partial charge in [-0.3, -0.25) is 0 Å². The summed E-state index contributed by atoms with van der Waals surface area (Å²) in [4.78, 5) is 5.30. The highest BCUT2D eigenvalue weighted by molar-refractivity contribution is 7.63. The van der Waals surface area contributed by atoms with E-state index in [1.807, 2.05) is 0 Å². The molecular formula is C54H63Cl2N2P. The van der Waals surface area contributed by atoms with Crippen molar-refractivity contribution in [3.05, 3.63) is 152 Å². The minimum atomic E-state index is -0.562. The number of halogens is 2. The molecule has 4 fully saturated rings. The van der Waals surface area contributed by atoms with Gasteiger partial charge in [0.25, 0.3) is 0 Å². The monoisotopic (exact) mass is 840 g/mol. The van der Waals surface area contributed by atoms with Crippen LogP contribution in [0.4, 0.5) is 11.4 Å². The number of hydrogen-bond donors (Lipinski definition) is 0. The van der Waals surface area contributed by atoms with Gasteiger partial charge in [0.05, 0.1) is 9.99 Å². The molecular weight excluding hydrogens is 778 g/mol. The molecule has 0 aromatic heterocycles. The van der Waals surface area contributed by atoms with Crippen LogP contribution in [-0.4, -0.2) is 34.4 Å². The first-order valence-corrected chi connectivity index (χ1v) is 25.0. The topological polar surface area (TPSA) is 6.48 Å². The van der Waals surface area contributed by atoms with E-state index >= 15 is 0 Å². The molecule has 0 spiro atoms. The zero-order valence-electron chi connectivity index (χ0n) is 36.3. The molecule has 9 rings (SSSR count). The van der Waals surface area contributed by atoms with Crippen molar-refractivity contribution in [2.75, 3.05) is 22.9 Å². The number of fused-ring (bicyclic) bond motifs is 1. The van der Waals surface area contributed by atoms with Crippen LogP contribution in [0.15, 0.2) is 102 Å². The fourth-order valence-electron chi connectivity index (χ4n) is 12.2. The van der Waals surface area contributed by atoms with E-state index in [0.29, 0.717) is 11.3 Å². The van der Waals surface area contributed by atoms with Crippen LogP contribution in [0.3, 0.4) is 0 Å². The van der Waals surface area contributed by atoms with Gasteiger partial charge in [-0.2, -0.15) is 0 Å². The quantitative estimate of drug-likeness (QED) is 0.141. The largest absolute Gasteiger partial charge is 0.325 e. The fourth-order valence-corrected chi connectivity index (χ4v) is 18.5. The molecule has 2 unspecified atom stereocenters. The van der Waals surface area contributed by atoms with Gasteiger partial charge in [0.2, 0.25) is 0 Å². The number of anilines is 2. The smallest absolute Gasteiger partial charge is 0.114 e. The third-order valence-electron chi connectivity index (χ3n) is 14.4. The lowest BCUT2D eigenvalue weighted by molar-refractivity contribution is 0.476. The molecule has 0 amide bonds. The Morgan fingerprint density at radius 1 is 0.610 bits per heavy atom. The van der Waals surface area contributed by atoms with Crippen molar-refractivity contribution in [2.45, 2.75) is 140 Å². The van der Waals surface area contributed by atoms with Crippen LogP contribution in [-0.2, 0) is 0 Å². The minimum absolute atomic E-state index is 0.344. The van der Waals surface area contributed by atoms with Crippen molar-refractivity contribution >= 4 is 53.6 Å². The maximum Gasteiger partial charge on any atom is 0.114 e. The number of hydrogen-bond acceptors (Lipinski definition) is 2. The van der Waals surface area contributed by atoms with Gasteiger partial charge >= 0.3 is 0 Å². The molecule has 5 aliphatic rings. The number of rotatable bonds is 6. The van der Waals surface area contributed by atoms with Gasteiger partial charge < -0.3 is 9.80 Å². The Morgan fingerprint density at radius 2 is 1.08 bits per heavy atom. The Morgan fingerprint density at radius 3 is 1.59 bits per heavy atom. The Labute approximate surface area is 366 Å². The number of allylic oxidation sites excluding steroid dienone is 4. The van der Waals surface area contributed by atoms with E-state index in [0.717, 1.165) is 25.9 Å². The highest BCUT2D eigenvalue weighted by Gasteiger charge is 2.54. The van der Waals surface area contributed by atoms with Crippen LogP contribution in [0.1, 0.15) is 127 Å². The van der Waals surface area contributed by atoms with Crippen LogP contribution in [0.2, 0.25) is 0 Å². The van der Waals surface area contributed by atoms with Gasteiger partial charge in [-0.05, 0) is 159 Å². The first kappa shape index (κ1) is 41.1. The molecule has 0 radical (unpaired) electrons. The molecule has 1 saturated heterocycles. The molecule has 5 heteroatoms. The minimum Gasteiger partial charge on any atom is -0.325 e. The first-order chi connectivity index (χ1) is 28.5. The second-order valence-corrected chi connectivity index (χ2v) is 22.9. The summed E-state index contributed by atoms with van der Waals surface area (Å²) in [6.07, 6.45) is 17.7. The van der Waals surface area contributed by atoms with E-state index in [-0.39, 0.29) is 5.38 Å². The summed E-state index contributed by atoms with van der Waals surface area (Å²) >= 11 is 17.3. The third kappa shape index (κ3) is 7.46. The van der Waals surface area contributed by atoms with Crippen molar-refractivity contribution in [3.8, 4) is 0 Å². The van der Waals surface area contributed by atoms with Crippen molar-refractivity contribution in [1.29, 1.82) is 0 Å². The average Bonchev–Trinajstić information content (AvgIpc) is 3.80. The summed E-state index contributed by atoms with van der Waals surface area (Å²) < 4.78 is -0.486. The molecule has 2 nitrogen and oxygen atoms in total. The van der Waals surface area contributed by atoms with Gasteiger partial charge in [0, 0.05) is 24.5 Å². The predicted octanol–water partition coefficient (Wildman–Crippen LogP) is 15.5. The van der Waals surface area contributed by atoms with E-state index in [1.54, 1.807) is 0 Å². The van der Waals surface area contributed by atoms with Crippen LogP contribution in [0.25, 0.3) is 11.1 Å². The number of benzene rings is 4. The number of aryl methyl sites for hydroxylation is 6. The van der Waals surface area contributed by atoms with Crippen molar-refractivity contribution in [2.24, 2.45) is 0 Å². The molecule has 308 valence electrons. The zero-order valence-corrected chi connectivity index (χ0v) is 38.7. The van der Waals surface area contributed by atoms with Gasteiger partial charge in [-0.1, -0.05) is 136 Å². The highest BCUT2D eigenvalue weighted by Crippen LogP contribution is 2.72. The van der Waals surface area contributed by atoms with E-state index in [4.69, 9.17) is 23.2 Å². The third-order valence-corrected chi connectivity index (χ3v) is 19.7. The molecule has 0 bridgehead atoms. The highest BCUT2D eigenvalue weighted by atomic mass is 35.5. The molecule has 1 aliphatic heterocycles. The van der Waals surface area contributed by atoms with Crippen LogP contribution in [0, 0.1) is 41.5 Å². The molecule has 4 aromatic rings. The molecule has 4 aliphatic carbocycles. The number of alkyl halides is 2. The Kier molecular flexibility index (Phi) is 11.7. The lowest BCUT2D eigenvalue weighted by atomic mass is 9.83. The van der Waals surface area contributed by atoms with Crippen LogP contribution >= 0.6 is 31.1 Å². The van der Waals surface area contributed by atoms with E-state index in [1.165, 1.54) is 154 Å². The van der Waals surface area contributed by atoms with Crippen molar-refractivity contribution in [1.82, 2.24) is 0 Å². The summed E-state index contributed by atoms with van der Waals surface area (Å²) in [5.41, 5.74) is 21.0. The summed E-state index contributed by atoms with van der Waals surface area (Å²) in [5.74, 6) is 1.28. The lowest BCUT2D eigenvalue weighted by Gasteiger charge is -2.52. The zero-order chi connectivity index (χ0) is 41.0. The molecule has 2 atom stereocenters. The van der Waals surface area contributed by atoms with Gasteiger partial charge in [-0.15, -0.1) is 23.2 Å². The lowest BCUT2D eigenvalue weighted by Crippen LogP contribution is -2.42. The molecule has 4 aromatic carbocycles. The molecule has 0 N–H and O–H groups in total. The van der Waals surface area contributed by atoms with E-state index < -0.39 is 12.5 Å².